The zero-order valence-corrected chi connectivity index (χ0v) is 10.8. The maximum atomic E-state index is 10.3. The van der Waals surface area contributed by atoms with Crippen LogP contribution in [0.15, 0.2) is 12.1 Å². The Kier molecular flexibility index (Phi) is 5.82. The predicted molar refractivity (Wildman–Crippen MR) is 68.9 cm³/mol. The number of hydrogen-bond donors (Lipinski definition) is 2. The Hall–Kier alpha value is -1.39. The van der Waals surface area contributed by atoms with Gasteiger partial charge in [-0.3, -0.25) is 0 Å². The van der Waals surface area contributed by atoms with E-state index >= 15 is 0 Å². The Morgan fingerprint density at radius 2 is 1.94 bits per heavy atom. The lowest BCUT2D eigenvalue weighted by atomic mass is 10.0. The number of carbonyl (C=O) groups is 1. The summed E-state index contributed by atoms with van der Waals surface area (Å²) in [6.45, 7) is 3.62. The van der Waals surface area contributed by atoms with E-state index < -0.39 is 6.10 Å². The summed E-state index contributed by atoms with van der Waals surface area (Å²) in [5.41, 5.74) is 3.05. The number of aliphatic hydroxyl groups excluding tert-OH is 2. The maximum Gasteiger partial charge on any atom is 0.125 e. The Labute approximate surface area is 107 Å². The second-order valence-corrected chi connectivity index (χ2v) is 4.41. The highest BCUT2D eigenvalue weighted by atomic mass is 16.5. The molecule has 0 saturated heterocycles. The molecule has 4 heteroatoms. The van der Waals surface area contributed by atoms with E-state index in [9.17, 15) is 9.90 Å². The van der Waals surface area contributed by atoms with E-state index in [2.05, 4.69) is 0 Å². The van der Waals surface area contributed by atoms with Crippen LogP contribution in [-0.4, -0.2) is 35.8 Å². The molecule has 0 fully saturated rings. The van der Waals surface area contributed by atoms with Crippen LogP contribution in [0.3, 0.4) is 0 Å². The van der Waals surface area contributed by atoms with Crippen LogP contribution >= 0.6 is 0 Å². The summed E-state index contributed by atoms with van der Waals surface area (Å²) in [6.07, 6.45) is 1.29. The molecule has 1 rings (SSSR count). The molecule has 1 aromatic carbocycles. The third-order valence-electron chi connectivity index (χ3n) is 2.70. The molecule has 0 radical (unpaired) electrons. The van der Waals surface area contributed by atoms with Crippen molar-refractivity contribution >= 4 is 6.29 Å². The predicted octanol–water partition coefficient (Wildman–Crippen LogP) is 1.17. The molecule has 0 bridgehead atoms. The van der Waals surface area contributed by atoms with Crippen molar-refractivity contribution in [3.8, 4) is 5.75 Å². The lowest BCUT2D eigenvalue weighted by Gasteiger charge is -2.15. The van der Waals surface area contributed by atoms with E-state index in [-0.39, 0.29) is 13.2 Å². The van der Waals surface area contributed by atoms with Gasteiger partial charge in [0.25, 0.3) is 0 Å². The summed E-state index contributed by atoms with van der Waals surface area (Å²) in [5, 5.41) is 18.0. The fraction of sp³-hybridized carbons (Fsp3) is 0.500. The molecule has 0 aromatic heterocycles. The van der Waals surface area contributed by atoms with Crippen LogP contribution in [0.5, 0.6) is 5.75 Å². The zero-order chi connectivity index (χ0) is 13.5. The number of benzene rings is 1. The smallest absolute Gasteiger partial charge is 0.125 e. The van der Waals surface area contributed by atoms with Gasteiger partial charge in [-0.2, -0.15) is 0 Å². The van der Waals surface area contributed by atoms with E-state index in [1.165, 1.54) is 0 Å². The highest BCUT2D eigenvalue weighted by molar-refractivity contribution is 5.51. The first-order valence-electron chi connectivity index (χ1n) is 6.04. The van der Waals surface area contributed by atoms with Gasteiger partial charge in [0.15, 0.2) is 0 Å². The van der Waals surface area contributed by atoms with E-state index in [4.69, 9.17) is 9.84 Å². The molecule has 1 unspecified atom stereocenters. The summed E-state index contributed by atoms with van der Waals surface area (Å²) in [4.78, 5) is 10.3. The highest BCUT2D eigenvalue weighted by Gasteiger charge is 2.09. The molecule has 0 aliphatic carbocycles. The first kappa shape index (κ1) is 14.7. The molecule has 2 N–H and O–H groups in total. The quantitative estimate of drug-likeness (QED) is 0.715. The van der Waals surface area contributed by atoms with Gasteiger partial charge in [0.05, 0.1) is 6.61 Å². The van der Waals surface area contributed by atoms with Gasteiger partial charge >= 0.3 is 0 Å². The Bertz CT molecular complexity index is 378. The van der Waals surface area contributed by atoms with Gasteiger partial charge in [-0.1, -0.05) is 12.1 Å². The molecule has 0 heterocycles. The number of rotatable bonds is 7. The molecule has 100 valence electrons. The molecule has 1 atom stereocenters. The monoisotopic (exact) mass is 252 g/mol. The normalized spacial score (nSPS) is 12.2. The Balaban J connectivity index is 2.77. The third-order valence-corrected chi connectivity index (χ3v) is 2.70. The van der Waals surface area contributed by atoms with Crippen LogP contribution in [0.4, 0.5) is 0 Å². The van der Waals surface area contributed by atoms with Gasteiger partial charge < -0.3 is 19.7 Å². The number of aldehydes is 1. The van der Waals surface area contributed by atoms with Gasteiger partial charge in [-0.25, -0.2) is 0 Å². The van der Waals surface area contributed by atoms with Crippen LogP contribution in [0.1, 0.15) is 23.1 Å². The van der Waals surface area contributed by atoms with Gasteiger partial charge in [-0.15, -0.1) is 0 Å². The molecule has 4 nitrogen and oxygen atoms in total. The molecule has 1 aromatic rings. The standard InChI is InChI=1S/C14H20O4/c1-10-6-12(4-3-5-15)7-11(2)14(10)18-9-13(17)8-16/h5-7,13,16-17H,3-4,8-9H2,1-2H3. The summed E-state index contributed by atoms with van der Waals surface area (Å²) < 4.78 is 5.50. The number of aryl methyl sites for hydroxylation is 3. The average Bonchev–Trinajstić information content (AvgIpc) is 2.34. The van der Waals surface area contributed by atoms with Crippen molar-refractivity contribution < 1.29 is 19.7 Å². The van der Waals surface area contributed by atoms with Crippen LogP contribution in [0.2, 0.25) is 0 Å². The van der Waals surface area contributed by atoms with Gasteiger partial charge in [0.1, 0.15) is 24.7 Å². The Morgan fingerprint density at radius 1 is 1.33 bits per heavy atom. The first-order valence-corrected chi connectivity index (χ1v) is 6.04. The summed E-state index contributed by atoms with van der Waals surface area (Å²) in [7, 11) is 0. The van der Waals surface area contributed by atoms with Crippen molar-refractivity contribution in [1.29, 1.82) is 0 Å². The molecular weight excluding hydrogens is 232 g/mol. The fourth-order valence-electron chi connectivity index (χ4n) is 1.87. The second-order valence-electron chi connectivity index (χ2n) is 4.41. The van der Waals surface area contributed by atoms with E-state index in [1.807, 2.05) is 26.0 Å². The number of aliphatic hydroxyl groups is 2. The molecule has 0 spiro atoms. The summed E-state index contributed by atoms with van der Waals surface area (Å²) >= 11 is 0. The van der Waals surface area contributed by atoms with Crippen molar-refractivity contribution in [2.45, 2.75) is 32.8 Å². The number of ether oxygens (including phenoxy) is 1. The molecular formula is C14H20O4. The van der Waals surface area contributed by atoms with Crippen LogP contribution < -0.4 is 4.74 Å². The minimum atomic E-state index is -0.862. The lowest BCUT2D eigenvalue weighted by Crippen LogP contribution is -2.21. The largest absolute Gasteiger partial charge is 0.490 e. The molecule has 0 amide bonds. The zero-order valence-electron chi connectivity index (χ0n) is 10.8. The Morgan fingerprint density at radius 3 is 2.44 bits per heavy atom. The van der Waals surface area contributed by atoms with Gasteiger partial charge in [-0.05, 0) is 37.0 Å². The fourth-order valence-corrected chi connectivity index (χ4v) is 1.87. The van der Waals surface area contributed by atoms with Gasteiger partial charge in [0.2, 0.25) is 0 Å². The highest BCUT2D eigenvalue weighted by Crippen LogP contribution is 2.25. The second kappa shape index (κ2) is 7.13. The minimum Gasteiger partial charge on any atom is -0.490 e. The van der Waals surface area contributed by atoms with Crippen LogP contribution in [0.25, 0.3) is 0 Å². The van der Waals surface area contributed by atoms with E-state index in [0.717, 1.165) is 35.1 Å². The minimum absolute atomic E-state index is 0.0753. The third kappa shape index (κ3) is 4.13. The van der Waals surface area contributed by atoms with Crippen molar-refractivity contribution in [2.75, 3.05) is 13.2 Å². The number of hydrogen-bond acceptors (Lipinski definition) is 4. The average molecular weight is 252 g/mol. The molecule has 0 aliphatic rings. The lowest BCUT2D eigenvalue weighted by molar-refractivity contribution is -0.107. The molecule has 18 heavy (non-hydrogen) atoms. The van der Waals surface area contributed by atoms with Crippen LogP contribution in [-0.2, 0) is 11.2 Å². The SMILES string of the molecule is Cc1cc(CCC=O)cc(C)c1OCC(O)CO. The van der Waals surface area contributed by atoms with Crippen molar-refractivity contribution in [2.24, 2.45) is 0 Å². The van der Waals surface area contributed by atoms with Gasteiger partial charge in [0, 0.05) is 6.42 Å². The van der Waals surface area contributed by atoms with E-state index in [0.29, 0.717) is 6.42 Å². The summed E-state index contributed by atoms with van der Waals surface area (Å²) in [6, 6.07) is 3.97. The number of carbonyl (C=O) groups excluding carboxylic acids is 1. The topological polar surface area (TPSA) is 66.8 Å². The van der Waals surface area contributed by atoms with Crippen molar-refractivity contribution in [3.05, 3.63) is 28.8 Å². The summed E-state index contributed by atoms with van der Waals surface area (Å²) in [5.74, 6) is 0.734. The van der Waals surface area contributed by atoms with Crippen molar-refractivity contribution in [3.63, 3.8) is 0 Å². The van der Waals surface area contributed by atoms with Crippen LogP contribution in [0, 0.1) is 13.8 Å². The van der Waals surface area contributed by atoms with Crippen molar-refractivity contribution in [1.82, 2.24) is 0 Å². The molecule has 0 saturated carbocycles. The van der Waals surface area contributed by atoms with E-state index in [1.54, 1.807) is 0 Å². The maximum absolute atomic E-state index is 10.3. The molecule has 0 aliphatic heterocycles. The first-order chi connectivity index (χ1) is 8.58.